The first-order valence-corrected chi connectivity index (χ1v) is 12.8. The van der Waals surface area contributed by atoms with Crippen molar-refractivity contribution in [2.75, 3.05) is 20.2 Å². The number of rotatable bonds is 6. The standard InChI is InChI=1S/C26H25Cl2N3O3S/c1-5-30(6-2)25(33)21-15(3)29-26-31(23(21)17-11-7-8-13-19(17)34-4)24(32)20(35-26)14-16-10-9-12-18(27)22(16)28/h7-14,23H,5-6H2,1-4H3/b20-14+/t23-/m1/s1. The Balaban J connectivity index is 2.02. The van der Waals surface area contributed by atoms with Crippen LogP contribution in [0.5, 0.6) is 5.75 Å². The van der Waals surface area contributed by atoms with Crippen LogP contribution in [0.1, 0.15) is 37.9 Å². The summed E-state index contributed by atoms with van der Waals surface area (Å²) in [5.74, 6) is 0.434. The van der Waals surface area contributed by atoms with Crippen molar-refractivity contribution < 1.29 is 9.53 Å². The second-order valence-electron chi connectivity index (χ2n) is 7.94. The molecule has 3 aromatic rings. The number of carbonyl (C=O) groups excluding carboxylic acids is 1. The summed E-state index contributed by atoms with van der Waals surface area (Å²) >= 11 is 13.8. The number of methoxy groups -OCH3 is 1. The van der Waals surface area contributed by atoms with Crippen molar-refractivity contribution in [1.82, 2.24) is 9.47 Å². The molecule has 1 aliphatic heterocycles. The molecular formula is C26H25Cl2N3O3S. The molecule has 4 rings (SSSR count). The van der Waals surface area contributed by atoms with Gasteiger partial charge in [0.15, 0.2) is 4.80 Å². The van der Waals surface area contributed by atoms with E-state index in [1.807, 2.05) is 45.0 Å². The van der Waals surface area contributed by atoms with Gasteiger partial charge in [0.1, 0.15) is 11.8 Å². The molecule has 0 spiro atoms. The number of carbonyl (C=O) groups is 1. The van der Waals surface area contributed by atoms with Crippen molar-refractivity contribution in [3.8, 4) is 5.75 Å². The molecule has 2 aromatic carbocycles. The summed E-state index contributed by atoms with van der Waals surface area (Å²) in [6.45, 7) is 6.76. The molecule has 0 radical (unpaired) electrons. The lowest BCUT2D eigenvalue weighted by molar-refractivity contribution is -0.127. The van der Waals surface area contributed by atoms with Gasteiger partial charge in [-0.3, -0.25) is 14.2 Å². The predicted molar refractivity (Wildman–Crippen MR) is 141 cm³/mol. The zero-order chi connectivity index (χ0) is 25.3. The quantitative estimate of drug-likeness (QED) is 0.474. The van der Waals surface area contributed by atoms with Crippen molar-refractivity contribution in [3.05, 3.63) is 94.6 Å². The minimum absolute atomic E-state index is 0.153. The molecule has 1 amide bonds. The van der Waals surface area contributed by atoms with Crippen LogP contribution in [-0.4, -0.2) is 35.6 Å². The lowest BCUT2D eigenvalue weighted by Crippen LogP contribution is -2.43. The lowest BCUT2D eigenvalue weighted by Gasteiger charge is -2.29. The zero-order valence-electron chi connectivity index (χ0n) is 19.8. The largest absolute Gasteiger partial charge is 0.496 e. The Morgan fingerprint density at radius 3 is 2.57 bits per heavy atom. The average molecular weight is 530 g/mol. The number of hydrogen-bond donors (Lipinski definition) is 0. The van der Waals surface area contributed by atoms with Crippen LogP contribution >= 0.6 is 34.5 Å². The highest BCUT2D eigenvalue weighted by Crippen LogP contribution is 2.36. The number of fused-ring (bicyclic) bond motifs is 1. The van der Waals surface area contributed by atoms with E-state index in [1.54, 1.807) is 40.9 Å². The summed E-state index contributed by atoms with van der Waals surface area (Å²) in [5.41, 5.74) is 2.11. The fourth-order valence-corrected chi connectivity index (χ4v) is 5.64. The van der Waals surface area contributed by atoms with Gasteiger partial charge in [-0.2, -0.15) is 0 Å². The van der Waals surface area contributed by atoms with E-state index in [2.05, 4.69) is 4.99 Å². The number of amides is 1. The Morgan fingerprint density at radius 2 is 1.89 bits per heavy atom. The molecule has 0 N–H and O–H groups in total. The molecule has 1 atom stereocenters. The predicted octanol–water partition coefficient (Wildman–Crippen LogP) is 4.42. The smallest absolute Gasteiger partial charge is 0.271 e. The summed E-state index contributed by atoms with van der Waals surface area (Å²) in [5, 5.41) is 0.776. The lowest BCUT2D eigenvalue weighted by atomic mass is 9.94. The molecule has 1 aliphatic rings. The Labute approximate surface area is 217 Å². The van der Waals surface area contributed by atoms with Gasteiger partial charge < -0.3 is 9.64 Å². The molecule has 0 unspecified atom stereocenters. The second-order valence-corrected chi connectivity index (χ2v) is 9.74. The molecule has 0 saturated carbocycles. The third kappa shape index (κ3) is 4.56. The molecule has 0 bridgehead atoms. The van der Waals surface area contributed by atoms with Gasteiger partial charge in [-0.15, -0.1) is 0 Å². The Hall–Kier alpha value is -2.87. The van der Waals surface area contributed by atoms with Crippen molar-refractivity contribution in [3.63, 3.8) is 0 Å². The van der Waals surface area contributed by atoms with Crippen LogP contribution in [-0.2, 0) is 4.79 Å². The number of halogens is 2. The van der Waals surface area contributed by atoms with E-state index < -0.39 is 6.04 Å². The summed E-state index contributed by atoms with van der Waals surface area (Å²) < 4.78 is 7.65. The van der Waals surface area contributed by atoms with Crippen molar-refractivity contribution in [2.24, 2.45) is 4.99 Å². The number of aromatic nitrogens is 1. The number of para-hydroxylation sites is 1. The first kappa shape index (κ1) is 25.2. The van der Waals surface area contributed by atoms with Gasteiger partial charge in [-0.1, -0.05) is 64.9 Å². The van der Waals surface area contributed by atoms with Gasteiger partial charge in [-0.05, 0) is 44.5 Å². The van der Waals surface area contributed by atoms with E-state index in [0.717, 1.165) is 0 Å². The first-order valence-electron chi connectivity index (χ1n) is 11.2. The number of nitrogens with zero attached hydrogens (tertiary/aromatic N) is 3. The van der Waals surface area contributed by atoms with E-state index in [1.165, 1.54) is 11.3 Å². The highest BCUT2D eigenvalue weighted by Gasteiger charge is 2.35. The van der Waals surface area contributed by atoms with Crippen LogP contribution < -0.4 is 19.6 Å². The third-order valence-corrected chi connectivity index (χ3v) is 7.82. The molecule has 0 aliphatic carbocycles. The molecule has 0 saturated heterocycles. The highest BCUT2D eigenvalue weighted by molar-refractivity contribution is 7.07. The molecule has 1 aromatic heterocycles. The summed E-state index contributed by atoms with van der Waals surface area (Å²) in [6.07, 6.45) is 1.71. The van der Waals surface area contributed by atoms with E-state index >= 15 is 0 Å². The van der Waals surface area contributed by atoms with Crippen molar-refractivity contribution in [2.45, 2.75) is 26.8 Å². The van der Waals surface area contributed by atoms with Gasteiger partial charge in [0.25, 0.3) is 11.5 Å². The van der Waals surface area contributed by atoms with E-state index in [-0.39, 0.29) is 11.5 Å². The molecule has 6 nitrogen and oxygen atoms in total. The van der Waals surface area contributed by atoms with Gasteiger partial charge in [0.05, 0.1) is 33.0 Å². The van der Waals surface area contributed by atoms with E-state index in [9.17, 15) is 9.59 Å². The van der Waals surface area contributed by atoms with Gasteiger partial charge in [0.2, 0.25) is 0 Å². The summed E-state index contributed by atoms with van der Waals surface area (Å²) in [4.78, 5) is 34.4. The number of likely N-dealkylation sites (N-methyl/N-ethyl adjacent to an activating group) is 1. The molecule has 0 fully saturated rings. The normalized spacial score (nSPS) is 15.6. The first-order chi connectivity index (χ1) is 16.8. The molecule has 2 heterocycles. The van der Waals surface area contributed by atoms with Gasteiger partial charge in [-0.25, -0.2) is 4.99 Å². The zero-order valence-corrected chi connectivity index (χ0v) is 22.2. The van der Waals surface area contributed by atoms with Crippen LogP contribution in [0.2, 0.25) is 10.0 Å². The maximum absolute atomic E-state index is 13.8. The highest BCUT2D eigenvalue weighted by atomic mass is 35.5. The van der Waals surface area contributed by atoms with Gasteiger partial charge >= 0.3 is 0 Å². The average Bonchev–Trinajstić information content (AvgIpc) is 3.16. The van der Waals surface area contributed by atoms with E-state index in [4.69, 9.17) is 27.9 Å². The Bertz CT molecular complexity index is 1500. The number of hydrogen-bond acceptors (Lipinski definition) is 5. The number of thiazole rings is 1. The van der Waals surface area contributed by atoms with E-state index in [0.29, 0.717) is 60.6 Å². The fraction of sp³-hybridized carbons (Fsp3) is 0.269. The Kier molecular flexibility index (Phi) is 7.50. The summed E-state index contributed by atoms with van der Waals surface area (Å²) in [6, 6.07) is 12.0. The van der Waals surface area contributed by atoms with Crippen LogP contribution in [0.4, 0.5) is 0 Å². The van der Waals surface area contributed by atoms with Crippen molar-refractivity contribution >= 4 is 46.5 Å². The summed E-state index contributed by atoms with van der Waals surface area (Å²) in [7, 11) is 1.58. The fourth-order valence-electron chi connectivity index (χ4n) is 4.24. The molecule has 182 valence electrons. The molecule has 35 heavy (non-hydrogen) atoms. The second kappa shape index (κ2) is 10.4. The van der Waals surface area contributed by atoms with Crippen LogP contribution in [0, 0.1) is 0 Å². The van der Waals surface area contributed by atoms with Crippen LogP contribution in [0.3, 0.4) is 0 Å². The maximum Gasteiger partial charge on any atom is 0.271 e. The third-order valence-electron chi connectivity index (χ3n) is 6.00. The minimum Gasteiger partial charge on any atom is -0.496 e. The number of ether oxygens (including phenoxy) is 1. The SMILES string of the molecule is CCN(CC)C(=O)C1=C(C)N=c2s/c(=C/c3cccc(Cl)c3Cl)c(=O)n2[C@@H]1c1ccccc1OC. The van der Waals surface area contributed by atoms with Crippen LogP contribution in [0.25, 0.3) is 6.08 Å². The maximum atomic E-state index is 13.8. The minimum atomic E-state index is -0.688. The number of allylic oxidation sites excluding steroid dienone is 1. The van der Waals surface area contributed by atoms with Crippen LogP contribution in [0.15, 0.2) is 63.5 Å². The molecular weight excluding hydrogens is 505 g/mol. The molecule has 9 heteroatoms. The van der Waals surface area contributed by atoms with Gasteiger partial charge in [0, 0.05) is 18.7 Å². The topological polar surface area (TPSA) is 63.9 Å². The Morgan fingerprint density at radius 1 is 1.17 bits per heavy atom. The number of benzene rings is 2. The monoisotopic (exact) mass is 529 g/mol. The van der Waals surface area contributed by atoms with Crippen molar-refractivity contribution in [1.29, 1.82) is 0 Å².